The molecule has 1 aliphatic carbocycles. The molecule has 2 rings (SSSR count). The van der Waals surface area contributed by atoms with Gasteiger partial charge >= 0.3 is 0 Å². The van der Waals surface area contributed by atoms with Crippen molar-refractivity contribution in [1.82, 2.24) is 0 Å². The Morgan fingerprint density at radius 2 is 1.81 bits per heavy atom. The van der Waals surface area contributed by atoms with Crippen molar-refractivity contribution in [2.75, 3.05) is 0 Å². The summed E-state index contributed by atoms with van der Waals surface area (Å²) in [4.78, 5) is 0. The molecule has 88 valence electrons. The summed E-state index contributed by atoms with van der Waals surface area (Å²) in [6, 6.07) is 8.50. The van der Waals surface area contributed by atoms with Crippen LogP contribution in [-0.4, -0.2) is 5.11 Å². The van der Waals surface area contributed by atoms with Crippen molar-refractivity contribution in [3.05, 3.63) is 35.4 Å². The summed E-state index contributed by atoms with van der Waals surface area (Å²) in [5.41, 5.74) is 2.46. The fraction of sp³-hybridized carbons (Fsp3) is 0.600. The van der Waals surface area contributed by atoms with Crippen LogP contribution >= 0.6 is 0 Å². The van der Waals surface area contributed by atoms with Crippen LogP contribution in [0.2, 0.25) is 0 Å². The predicted molar refractivity (Wildman–Crippen MR) is 67.2 cm³/mol. The molecule has 1 N–H and O–H groups in total. The molecule has 1 nitrogen and oxygen atoms in total. The Balaban J connectivity index is 2.01. The number of rotatable bonds is 4. The largest absolute Gasteiger partial charge is 0.388 e. The van der Waals surface area contributed by atoms with Crippen molar-refractivity contribution >= 4 is 0 Å². The van der Waals surface area contributed by atoms with Gasteiger partial charge in [0.05, 0.1) is 6.10 Å². The van der Waals surface area contributed by atoms with Gasteiger partial charge in [-0.05, 0) is 41.7 Å². The summed E-state index contributed by atoms with van der Waals surface area (Å²) < 4.78 is 0. The highest BCUT2D eigenvalue weighted by molar-refractivity contribution is 5.25. The Morgan fingerprint density at radius 1 is 1.25 bits per heavy atom. The average molecular weight is 218 g/mol. The van der Waals surface area contributed by atoms with Crippen molar-refractivity contribution in [3.63, 3.8) is 0 Å². The first-order chi connectivity index (χ1) is 7.58. The van der Waals surface area contributed by atoms with Crippen LogP contribution < -0.4 is 0 Å². The van der Waals surface area contributed by atoms with E-state index in [9.17, 15) is 5.11 Å². The van der Waals surface area contributed by atoms with Gasteiger partial charge in [0.25, 0.3) is 0 Å². The van der Waals surface area contributed by atoms with Gasteiger partial charge in [-0.3, -0.25) is 0 Å². The van der Waals surface area contributed by atoms with Crippen LogP contribution in [0, 0.1) is 17.8 Å². The zero-order valence-corrected chi connectivity index (χ0v) is 10.5. The van der Waals surface area contributed by atoms with Crippen LogP contribution in [0.4, 0.5) is 0 Å². The van der Waals surface area contributed by atoms with Crippen LogP contribution in [0.15, 0.2) is 24.3 Å². The molecule has 1 aromatic rings. The molecule has 3 atom stereocenters. The quantitative estimate of drug-likeness (QED) is 0.819. The first kappa shape index (κ1) is 11.7. The summed E-state index contributed by atoms with van der Waals surface area (Å²) in [7, 11) is 0. The van der Waals surface area contributed by atoms with E-state index >= 15 is 0 Å². The average Bonchev–Trinajstić information content (AvgIpc) is 2.95. The lowest BCUT2D eigenvalue weighted by atomic mass is 9.98. The minimum Gasteiger partial charge on any atom is -0.388 e. The normalized spacial score (nSPS) is 25.8. The zero-order chi connectivity index (χ0) is 11.7. The summed E-state index contributed by atoms with van der Waals surface area (Å²) in [5.74, 6) is 1.89. The first-order valence-corrected chi connectivity index (χ1v) is 6.35. The van der Waals surface area contributed by atoms with Crippen molar-refractivity contribution in [1.29, 1.82) is 0 Å². The third kappa shape index (κ3) is 2.65. The molecule has 0 saturated heterocycles. The zero-order valence-electron chi connectivity index (χ0n) is 10.5. The molecule has 0 aliphatic heterocycles. The van der Waals surface area contributed by atoms with Crippen LogP contribution in [0.1, 0.15) is 44.4 Å². The van der Waals surface area contributed by atoms with Crippen LogP contribution in [-0.2, 0) is 6.42 Å². The molecule has 1 heteroatoms. The first-order valence-electron chi connectivity index (χ1n) is 6.35. The van der Waals surface area contributed by atoms with Gasteiger partial charge in [-0.15, -0.1) is 0 Å². The third-order valence-corrected chi connectivity index (χ3v) is 3.54. The van der Waals surface area contributed by atoms with Gasteiger partial charge in [-0.2, -0.15) is 0 Å². The highest BCUT2D eigenvalue weighted by Crippen LogP contribution is 2.46. The van der Waals surface area contributed by atoms with E-state index in [4.69, 9.17) is 0 Å². The molecule has 0 spiro atoms. The molecule has 1 aromatic carbocycles. The summed E-state index contributed by atoms with van der Waals surface area (Å²) in [6.07, 6.45) is 2.05. The Hall–Kier alpha value is -0.820. The van der Waals surface area contributed by atoms with Crippen molar-refractivity contribution in [2.45, 2.75) is 39.7 Å². The number of hydrogen-bond donors (Lipinski definition) is 1. The van der Waals surface area contributed by atoms with Gasteiger partial charge in [0.2, 0.25) is 0 Å². The molecular formula is C15H22O. The van der Waals surface area contributed by atoms with Gasteiger partial charge in [-0.25, -0.2) is 0 Å². The Morgan fingerprint density at radius 3 is 2.25 bits per heavy atom. The van der Waals surface area contributed by atoms with E-state index in [1.165, 1.54) is 12.0 Å². The van der Waals surface area contributed by atoms with Crippen LogP contribution in [0.5, 0.6) is 0 Å². The van der Waals surface area contributed by atoms with Gasteiger partial charge in [-0.1, -0.05) is 45.0 Å². The van der Waals surface area contributed by atoms with E-state index in [1.807, 2.05) is 0 Å². The molecule has 3 unspecified atom stereocenters. The molecule has 1 saturated carbocycles. The maximum atomic E-state index is 10.1. The Bertz CT molecular complexity index is 339. The van der Waals surface area contributed by atoms with Gasteiger partial charge in [0.1, 0.15) is 0 Å². The number of hydrogen-bond acceptors (Lipinski definition) is 1. The minimum atomic E-state index is -0.247. The van der Waals surface area contributed by atoms with E-state index in [0.717, 1.165) is 12.0 Å². The van der Waals surface area contributed by atoms with E-state index in [2.05, 4.69) is 45.0 Å². The Labute approximate surface area is 98.5 Å². The maximum Gasteiger partial charge on any atom is 0.0820 e. The molecule has 0 amide bonds. The van der Waals surface area contributed by atoms with Gasteiger partial charge in [0, 0.05) is 0 Å². The highest BCUT2D eigenvalue weighted by atomic mass is 16.3. The van der Waals surface area contributed by atoms with Crippen LogP contribution in [0.3, 0.4) is 0 Å². The molecular weight excluding hydrogens is 196 g/mol. The lowest BCUT2D eigenvalue weighted by Crippen LogP contribution is -2.01. The number of benzene rings is 1. The van der Waals surface area contributed by atoms with Gasteiger partial charge < -0.3 is 5.11 Å². The van der Waals surface area contributed by atoms with E-state index in [1.54, 1.807) is 0 Å². The lowest BCUT2D eigenvalue weighted by Gasteiger charge is -2.11. The number of aliphatic hydroxyl groups is 1. The molecule has 0 bridgehead atoms. The van der Waals surface area contributed by atoms with Crippen molar-refractivity contribution in [3.8, 4) is 0 Å². The maximum absolute atomic E-state index is 10.1. The predicted octanol–water partition coefficient (Wildman–Crippen LogP) is 3.57. The van der Waals surface area contributed by atoms with Gasteiger partial charge in [0.15, 0.2) is 0 Å². The molecule has 0 radical (unpaired) electrons. The fourth-order valence-corrected chi connectivity index (χ4v) is 2.36. The van der Waals surface area contributed by atoms with Crippen LogP contribution in [0.25, 0.3) is 0 Å². The smallest absolute Gasteiger partial charge is 0.0820 e. The number of aliphatic hydroxyl groups excluding tert-OH is 1. The summed E-state index contributed by atoms with van der Waals surface area (Å²) in [5, 5.41) is 10.1. The van der Waals surface area contributed by atoms with E-state index < -0.39 is 0 Å². The Kier molecular flexibility index (Phi) is 3.34. The lowest BCUT2D eigenvalue weighted by molar-refractivity contribution is 0.148. The summed E-state index contributed by atoms with van der Waals surface area (Å²) in [6.45, 7) is 6.67. The molecule has 1 aliphatic rings. The molecule has 0 heterocycles. The minimum absolute atomic E-state index is 0.247. The highest BCUT2D eigenvalue weighted by Gasteiger charge is 2.39. The third-order valence-electron chi connectivity index (χ3n) is 3.54. The monoisotopic (exact) mass is 218 g/mol. The molecule has 16 heavy (non-hydrogen) atoms. The summed E-state index contributed by atoms with van der Waals surface area (Å²) >= 11 is 0. The second kappa shape index (κ2) is 4.58. The SMILES string of the molecule is CC(C)Cc1ccc(C(O)C2CC2C)cc1. The van der Waals surface area contributed by atoms with Crippen molar-refractivity contribution in [2.24, 2.45) is 17.8 Å². The van der Waals surface area contributed by atoms with E-state index in [0.29, 0.717) is 17.8 Å². The topological polar surface area (TPSA) is 20.2 Å². The molecule has 0 aromatic heterocycles. The van der Waals surface area contributed by atoms with E-state index in [-0.39, 0.29) is 6.10 Å². The standard InChI is InChI=1S/C15H22O/c1-10(2)8-12-4-6-13(7-5-12)15(16)14-9-11(14)3/h4-7,10-11,14-16H,8-9H2,1-3H3. The molecule has 1 fully saturated rings. The second-order valence-electron chi connectivity index (χ2n) is 5.66. The van der Waals surface area contributed by atoms with Crippen molar-refractivity contribution < 1.29 is 5.11 Å². The second-order valence-corrected chi connectivity index (χ2v) is 5.66. The fourth-order valence-electron chi connectivity index (χ4n) is 2.36.